The van der Waals surface area contributed by atoms with E-state index in [1.807, 2.05) is 13.8 Å². The van der Waals surface area contributed by atoms with E-state index in [1.54, 1.807) is 6.92 Å². The maximum absolute atomic E-state index is 12.1. The number of amides is 1. The number of carbonyl (C=O) groups excluding carboxylic acids is 1. The van der Waals surface area contributed by atoms with Crippen molar-refractivity contribution >= 4 is 11.9 Å². The Morgan fingerprint density at radius 2 is 2.11 bits per heavy atom. The molecule has 6 heteroatoms. The average Bonchev–Trinajstić information content (AvgIpc) is 3.03. The summed E-state index contributed by atoms with van der Waals surface area (Å²) in [7, 11) is 0. The van der Waals surface area contributed by atoms with Gasteiger partial charge in [0, 0.05) is 12.5 Å². The summed E-state index contributed by atoms with van der Waals surface area (Å²) in [5, 5.41) is 15.5. The van der Waals surface area contributed by atoms with E-state index in [4.69, 9.17) is 9.63 Å². The lowest BCUT2D eigenvalue weighted by Gasteiger charge is -2.11. The van der Waals surface area contributed by atoms with Crippen molar-refractivity contribution < 1.29 is 19.2 Å². The van der Waals surface area contributed by atoms with E-state index in [0.29, 0.717) is 29.9 Å². The lowest BCUT2D eigenvalue weighted by molar-refractivity contribution is -0.143. The van der Waals surface area contributed by atoms with Gasteiger partial charge in [0.05, 0.1) is 11.1 Å². The highest BCUT2D eigenvalue weighted by Gasteiger charge is 2.50. The summed E-state index contributed by atoms with van der Waals surface area (Å²) in [5.41, 5.74) is 0.191. The van der Waals surface area contributed by atoms with Crippen LogP contribution in [0.1, 0.15) is 54.4 Å². The number of nitrogens with zero attached hydrogens (tertiary/aromatic N) is 1. The number of nitrogens with one attached hydrogen (secondary N) is 1. The van der Waals surface area contributed by atoms with Crippen molar-refractivity contribution in [1.82, 2.24) is 10.5 Å². The van der Waals surface area contributed by atoms with E-state index >= 15 is 0 Å². The highest BCUT2D eigenvalue weighted by atomic mass is 16.5. The molecule has 1 saturated carbocycles. The molecule has 1 amide bonds. The van der Waals surface area contributed by atoms with Crippen LogP contribution in [0, 0.1) is 12.3 Å². The van der Waals surface area contributed by atoms with Crippen LogP contribution >= 0.6 is 0 Å². The Labute approximate surface area is 111 Å². The van der Waals surface area contributed by atoms with Crippen LogP contribution in [0.4, 0.5) is 0 Å². The summed E-state index contributed by atoms with van der Waals surface area (Å²) in [6, 6.07) is 0. The fourth-order valence-electron chi connectivity index (χ4n) is 2.01. The van der Waals surface area contributed by atoms with Gasteiger partial charge in [-0.3, -0.25) is 9.59 Å². The summed E-state index contributed by atoms with van der Waals surface area (Å²) in [5.74, 6) is -0.569. The molecular weight excluding hydrogens is 248 g/mol. The van der Waals surface area contributed by atoms with Crippen molar-refractivity contribution in [2.75, 3.05) is 6.54 Å². The second-order valence-corrected chi connectivity index (χ2v) is 5.43. The molecule has 6 nitrogen and oxygen atoms in total. The molecule has 2 N–H and O–H groups in total. The van der Waals surface area contributed by atoms with E-state index in [0.717, 1.165) is 0 Å². The zero-order chi connectivity index (χ0) is 14.2. The van der Waals surface area contributed by atoms with Crippen LogP contribution in [0.2, 0.25) is 0 Å². The summed E-state index contributed by atoms with van der Waals surface area (Å²) >= 11 is 0. The minimum absolute atomic E-state index is 0.0521. The van der Waals surface area contributed by atoms with E-state index < -0.39 is 11.4 Å². The van der Waals surface area contributed by atoms with Crippen molar-refractivity contribution in [2.45, 2.75) is 39.5 Å². The molecule has 1 aliphatic carbocycles. The number of carboxylic acids is 1. The predicted octanol–water partition coefficient (Wildman–Crippen LogP) is 1.70. The third-order valence-corrected chi connectivity index (χ3v) is 3.54. The fraction of sp³-hybridized carbons (Fsp3) is 0.615. The first-order chi connectivity index (χ1) is 8.87. The van der Waals surface area contributed by atoms with Gasteiger partial charge in [-0.05, 0) is 19.8 Å². The largest absolute Gasteiger partial charge is 0.481 e. The molecule has 1 fully saturated rings. The Morgan fingerprint density at radius 3 is 2.58 bits per heavy atom. The van der Waals surface area contributed by atoms with Gasteiger partial charge < -0.3 is 14.9 Å². The first kappa shape index (κ1) is 13.6. The quantitative estimate of drug-likeness (QED) is 0.846. The molecule has 1 heterocycles. The van der Waals surface area contributed by atoms with E-state index in [1.165, 1.54) is 0 Å². The number of aliphatic carboxylic acids is 1. The monoisotopic (exact) mass is 266 g/mol. The van der Waals surface area contributed by atoms with Gasteiger partial charge in [0.15, 0.2) is 5.76 Å². The molecule has 2 rings (SSSR count). The standard InChI is InChI=1S/C13H18N2O4/c1-7(2)10-9(8(3)15-19-10)11(16)14-6-13(4-5-13)12(17)18/h7H,4-6H2,1-3H3,(H,14,16)(H,17,18). The molecule has 1 aromatic rings. The average molecular weight is 266 g/mol. The molecular formula is C13H18N2O4. The van der Waals surface area contributed by atoms with Gasteiger partial charge in [-0.15, -0.1) is 0 Å². The van der Waals surface area contributed by atoms with Crippen LogP contribution in [-0.4, -0.2) is 28.7 Å². The third-order valence-electron chi connectivity index (χ3n) is 3.54. The molecule has 0 unspecified atom stereocenters. The second kappa shape index (κ2) is 4.68. The van der Waals surface area contributed by atoms with Crippen LogP contribution in [-0.2, 0) is 4.79 Å². The van der Waals surface area contributed by atoms with Gasteiger partial charge in [-0.2, -0.15) is 0 Å². The summed E-state index contributed by atoms with van der Waals surface area (Å²) in [6.07, 6.45) is 1.23. The number of carbonyl (C=O) groups is 2. The van der Waals surface area contributed by atoms with E-state index in [9.17, 15) is 9.59 Å². The lowest BCUT2D eigenvalue weighted by atomic mass is 10.0. The molecule has 104 valence electrons. The Morgan fingerprint density at radius 1 is 1.47 bits per heavy atom. The molecule has 1 aliphatic rings. The van der Waals surface area contributed by atoms with Gasteiger partial charge in [0.25, 0.3) is 5.91 Å². The van der Waals surface area contributed by atoms with Gasteiger partial charge in [-0.1, -0.05) is 19.0 Å². The van der Waals surface area contributed by atoms with Crippen LogP contribution in [0.15, 0.2) is 4.52 Å². The first-order valence-corrected chi connectivity index (χ1v) is 6.35. The highest BCUT2D eigenvalue weighted by molar-refractivity contribution is 5.96. The zero-order valence-corrected chi connectivity index (χ0v) is 11.3. The lowest BCUT2D eigenvalue weighted by Crippen LogP contribution is -2.34. The van der Waals surface area contributed by atoms with Crippen molar-refractivity contribution in [3.05, 3.63) is 17.0 Å². The molecule has 0 radical (unpaired) electrons. The van der Waals surface area contributed by atoms with Gasteiger partial charge in [-0.25, -0.2) is 0 Å². The van der Waals surface area contributed by atoms with Crippen LogP contribution < -0.4 is 5.32 Å². The van der Waals surface area contributed by atoms with Crippen molar-refractivity contribution in [1.29, 1.82) is 0 Å². The van der Waals surface area contributed by atoms with Gasteiger partial charge in [0.1, 0.15) is 5.56 Å². The minimum atomic E-state index is -0.848. The van der Waals surface area contributed by atoms with E-state index in [-0.39, 0.29) is 18.4 Å². The molecule has 0 saturated heterocycles. The molecule has 0 bridgehead atoms. The van der Waals surface area contributed by atoms with Crippen LogP contribution in [0.5, 0.6) is 0 Å². The van der Waals surface area contributed by atoms with Gasteiger partial charge in [0.2, 0.25) is 0 Å². The Balaban J connectivity index is 2.09. The van der Waals surface area contributed by atoms with Crippen molar-refractivity contribution in [3.8, 4) is 0 Å². The van der Waals surface area contributed by atoms with Crippen LogP contribution in [0.25, 0.3) is 0 Å². The summed E-state index contributed by atoms with van der Waals surface area (Å²) in [6.45, 7) is 5.68. The topological polar surface area (TPSA) is 92.4 Å². The molecule has 0 spiro atoms. The predicted molar refractivity (Wildman–Crippen MR) is 67.0 cm³/mol. The number of hydrogen-bond donors (Lipinski definition) is 2. The number of rotatable bonds is 5. The maximum atomic E-state index is 12.1. The minimum Gasteiger partial charge on any atom is -0.481 e. The van der Waals surface area contributed by atoms with E-state index in [2.05, 4.69) is 10.5 Å². The zero-order valence-electron chi connectivity index (χ0n) is 11.3. The fourth-order valence-corrected chi connectivity index (χ4v) is 2.01. The smallest absolute Gasteiger partial charge is 0.311 e. The first-order valence-electron chi connectivity index (χ1n) is 6.35. The number of aromatic nitrogens is 1. The second-order valence-electron chi connectivity index (χ2n) is 5.43. The van der Waals surface area contributed by atoms with Crippen molar-refractivity contribution in [2.24, 2.45) is 5.41 Å². The summed E-state index contributed by atoms with van der Waals surface area (Å²) < 4.78 is 5.15. The Hall–Kier alpha value is -1.85. The maximum Gasteiger partial charge on any atom is 0.311 e. The normalized spacial score (nSPS) is 16.4. The molecule has 0 aliphatic heterocycles. The van der Waals surface area contributed by atoms with Crippen molar-refractivity contribution in [3.63, 3.8) is 0 Å². The number of carboxylic acid groups (broad SMARTS) is 1. The molecule has 1 aromatic heterocycles. The third kappa shape index (κ3) is 2.47. The Bertz CT molecular complexity index is 515. The number of hydrogen-bond acceptors (Lipinski definition) is 4. The SMILES string of the molecule is Cc1noc(C(C)C)c1C(=O)NCC1(C(=O)O)CC1. The summed E-state index contributed by atoms with van der Waals surface area (Å²) in [4.78, 5) is 23.2. The number of aryl methyl sites for hydroxylation is 1. The molecule has 0 atom stereocenters. The Kier molecular flexibility index (Phi) is 3.34. The highest BCUT2D eigenvalue weighted by Crippen LogP contribution is 2.45. The van der Waals surface area contributed by atoms with Gasteiger partial charge >= 0.3 is 5.97 Å². The molecule has 0 aromatic carbocycles. The molecule has 19 heavy (non-hydrogen) atoms. The van der Waals surface area contributed by atoms with Crippen LogP contribution in [0.3, 0.4) is 0 Å².